The molecule has 7 nitrogen and oxygen atoms in total. The molecule has 0 atom stereocenters. The lowest BCUT2D eigenvalue weighted by molar-refractivity contribution is 0.180. The summed E-state index contributed by atoms with van der Waals surface area (Å²) in [6.45, 7) is 0.729. The van der Waals surface area contributed by atoms with Crippen molar-refractivity contribution in [2.24, 2.45) is 0 Å². The van der Waals surface area contributed by atoms with E-state index in [0.29, 0.717) is 24.4 Å². The molecule has 120 valence electrons. The van der Waals surface area contributed by atoms with E-state index in [0.717, 1.165) is 5.56 Å². The zero-order chi connectivity index (χ0) is 16.7. The van der Waals surface area contributed by atoms with Crippen molar-refractivity contribution in [1.82, 2.24) is 15.0 Å². The van der Waals surface area contributed by atoms with Gasteiger partial charge in [-0.15, -0.1) is 6.42 Å². The van der Waals surface area contributed by atoms with Crippen molar-refractivity contribution in [3.63, 3.8) is 0 Å². The van der Waals surface area contributed by atoms with E-state index in [1.165, 1.54) is 24.3 Å². The lowest BCUT2D eigenvalue weighted by Gasteiger charge is -2.15. The molecule has 1 aromatic heterocycles. The Morgan fingerprint density at radius 1 is 1.17 bits per heavy atom. The van der Waals surface area contributed by atoms with E-state index in [1.54, 1.807) is 19.2 Å². The van der Waals surface area contributed by atoms with E-state index >= 15 is 0 Å². The number of nitrogens with one attached hydrogen (secondary N) is 2. The van der Waals surface area contributed by atoms with Crippen molar-refractivity contribution in [2.45, 2.75) is 6.54 Å². The quantitative estimate of drug-likeness (QED) is 0.594. The zero-order valence-electron chi connectivity index (χ0n) is 12.9. The maximum absolute atomic E-state index is 12.9. The maximum Gasteiger partial charge on any atom is 0.256 e. The summed E-state index contributed by atoms with van der Waals surface area (Å²) in [5.41, 5.74) is 0.895. The van der Waals surface area contributed by atoms with Crippen LogP contribution in [0.5, 0.6) is 0 Å². The summed E-state index contributed by atoms with van der Waals surface area (Å²) in [6, 6.07) is 6.16. The molecule has 0 unspecified atom stereocenters. The summed E-state index contributed by atoms with van der Waals surface area (Å²) in [4.78, 5) is 17.7. The van der Waals surface area contributed by atoms with Gasteiger partial charge in [0.25, 0.3) is 5.95 Å². The van der Waals surface area contributed by atoms with Gasteiger partial charge in [0, 0.05) is 13.6 Å². The summed E-state index contributed by atoms with van der Waals surface area (Å²) < 4.78 is 12.9. The van der Waals surface area contributed by atoms with Crippen LogP contribution in [0.3, 0.4) is 0 Å². The Morgan fingerprint density at radius 3 is 2.43 bits per heavy atom. The number of aromatic nitrogens is 3. The summed E-state index contributed by atoms with van der Waals surface area (Å²) >= 11 is 0. The Morgan fingerprint density at radius 2 is 1.83 bits per heavy atom. The Balaban J connectivity index is 2.15. The fraction of sp³-hybridized carbons (Fsp3) is 0.267. The molecule has 0 spiro atoms. The normalized spacial score (nSPS) is 10.0. The van der Waals surface area contributed by atoms with Crippen LogP contribution in [0.1, 0.15) is 5.56 Å². The number of benzene rings is 1. The van der Waals surface area contributed by atoms with E-state index in [9.17, 15) is 4.39 Å². The van der Waals surface area contributed by atoms with Crippen LogP contribution >= 0.6 is 0 Å². The molecule has 0 aliphatic rings. The van der Waals surface area contributed by atoms with Crippen LogP contribution in [0.25, 0.3) is 0 Å². The molecule has 1 heterocycles. The highest BCUT2D eigenvalue weighted by atomic mass is 19.1. The fourth-order valence-corrected chi connectivity index (χ4v) is 1.66. The Kier molecular flexibility index (Phi) is 5.66. The summed E-state index contributed by atoms with van der Waals surface area (Å²) in [7, 11) is 3.17. The average molecular weight is 316 g/mol. The van der Waals surface area contributed by atoms with E-state index in [4.69, 9.17) is 11.3 Å². The van der Waals surface area contributed by atoms with Gasteiger partial charge < -0.3 is 10.6 Å². The number of terminal acetylenes is 1. The Bertz CT molecular complexity index is 685. The van der Waals surface area contributed by atoms with Gasteiger partial charge in [0.05, 0.1) is 13.7 Å². The number of hydroxylamine groups is 1. The van der Waals surface area contributed by atoms with Crippen molar-refractivity contribution in [3.05, 3.63) is 35.6 Å². The fourth-order valence-electron chi connectivity index (χ4n) is 1.66. The van der Waals surface area contributed by atoms with Crippen molar-refractivity contribution in [1.29, 1.82) is 0 Å². The van der Waals surface area contributed by atoms with Gasteiger partial charge >= 0.3 is 0 Å². The molecule has 2 rings (SSSR count). The van der Waals surface area contributed by atoms with Crippen LogP contribution in [-0.2, 0) is 11.4 Å². The number of anilines is 3. The van der Waals surface area contributed by atoms with Gasteiger partial charge in [0.2, 0.25) is 11.9 Å². The second-order valence-corrected chi connectivity index (χ2v) is 4.50. The third-order valence-corrected chi connectivity index (χ3v) is 2.89. The molecule has 0 radical (unpaired) electrons. The monoisotopic (exact) mass is 316 g/mol. The van der Waals surface area contributed by atoms with Gasteiger partial charge in [0.1, 0.15) is 5.82 Å². The predicted octanol–water partition coefficient (Wildman–Crippen LogP) is 1.67. The van der Waals surface area contributed by atoms with Gasteiger partial charge in [-0.1, -0.05) is 18.1 Å². The smallest absolute Gasteiger partial charge is 0.256 e. The van der Waals surface area contributed by atoms with Crippen LogP contribution < -0.4 is 15.7 Å². The standard InChI is InChI=1S/C15H17FN6O/c1-4-9-17-13-19-14(21-15(20-13)22(2)23-3)18-10-11-5-7-12(16)8-6-11/h1,5-8H,9-10H2,2-3H3,(H2,17,18,19,20,21). The summed E-state index contributed by atoms with van der Waals surface area (Å²) in [5, 5.41) is 7.34. The molecule has 23 heavy (non-hydrogen) atoms. The van der Waals surface area contributed by atoms with E-state index < -0.39 is 0 Å². The van der Waals surface area contributed by atoms with Crippen molar-refractivity contribution in [2.75, 3.05) is 36.4 Å². The topological polar surface area (TPSA) is 75.2 Å². The van der Waals surface area contributed by atoms with Crippen LogP contribution in [0.4, 0.5) is 22.2 Å². The minimum Gasteiger partial charge on any atom is -0.350 e. The SMILES string of the molecule is C#CCNc1nc(NCc2ccc(F)cc2)nc(N(C)OC)n1. The summed E-state index contributed by atoms with van der Waals surface area (Å²) in [6.07, 6.45) is 5.22. The minimum atomic E-state index is -0.279. The largest absolute Gasteiger partial charge is 0.350 e. The maximum atomic E-state index is 12.9. The lowest BCUT2D eigenvalue weighted by Crippen LogP contribution is -2.20. The number of rotatable bonds is 7. The first-order valence-electron chi connectivity index (χ1n) is 6.82. The van der Waals surface area contributed by atoms with Crippen LogP contribution in [-0.4, -0.2) is 35.7 Å². The summed E-state index contributed by atoms with van der Waals surface area (Å²) in [5.74, 6) is 3.17. The average Bonchev–Trinajstić information content (AvgIpc) is 2.58. The van der Waals surface area contributed by atoms with Crippen LogP contribution in [0.2, 0.25) is 0 Å². The first-order chi connectivity index (χ1) is 11.1. The van der Waals surface area contributed by atoms with E-state index in [1.807, 2.05) is 0 Å². The molecule has 1 aromatic carbocycles. The molecule has 2 aromatic rings. The molecule has 0 aliphatic heterocycles. The molecular weight excluding hydrogens is 299 g/mol. The molecule has 0 saturated carbocycles. The van der Waals surface area contributed by atoms with Crippen molar-refractivity contribution >= 4 is 17.8 Å². The van der Waals surface area contributed by atoms with E-state index in [-0.39, 0.29) is 12.4 Å². The molecule has 0 saturated heterocycles. The van der Waals surface area contributed by atoms with Gasteiger partial charge in [-0.2, -0.15) is 15.0 Å². The second-order valence-electron chi connectivity index (χ2n) is 4.50. The first-order valence-corrected chi connectivity index (χ1v) is 6.82. The number of halogens is 1. The van der Waals surface area contributed by atoms with Crippen LogP contribution in [0, 0.1) is 18.2 Å². The second kappa shape index (κ2) is 7.91. The third kappa shape index (κ3) is 4.79. The first kappa shape index (κ1) is 16.5. The number of nitrogens with zero attached hydrogens (tertiary/aromatic N) is 4. The molecule has 0 bridgehead atoms. The van der Waals surface area contributed by atoms with Crippen LogP contribution in [0.15, 0.2) is 24.3 Å². The Hall–Kier alpha value is -2.92. The molecule has 0 fully saturated rings. The number of hydrogen-bond donors (Lipinski definition) is 2. The molecular formula is C15H17FN6O. The Labute approximate surface area is 133 Å². The highest BCUT2D eigenvalue weighted by Crippen LogP contribution is 2.13. The third-order valence-electron chi connectivity index (χ3n) is 2.89. The molecule has 8 heteroatoms. The lowest BCUT2D eigenvalue weighted by atomic mass is 10.2. The molecule has 0 amide bonds. The van der Waals surface area contributed by atoms with Gasteiger partial charge in [-0.25, -0.2) is 9.45 Å². The molecule has 2 N–H and O–H groups in total. The molecule has 0 aliphatic carbocycles. The van der Waals surface area contributed by atoms with E-state index in [2.05, 4.69) is 31.5 Å². The zero-order valence-corrected chi connectivity index (χ0v) is 12.9. The highest BCUT2D eigenvalue weighted by molar-refractivity contribution is 5.43. The minimum absolute atomic E-state index is 0.279. The number of hydrogen-bond acceptors (Lipinski definition) is 7. The van der Waals surface area contributed by atoms with Crippen molar-refractivity contribution in [3.8, 4) is 12.3 Å². The van der Waals surface area contributed by atoms with Crippen molar-refractivity contribution < 1.29 is 9.23 Å². The van der Waals surface area contributed by atoms with Gasteiger partial charge in [-0.05, 0) is 17.7 Å². The predicted molar refractivity (Wildman–Crippen MR) is 86.3 cm³/mol. The van der Waals surface area contributed by atoms with Gasteiger partial charge in [0.15, 0.2) is 0 Å². The highest BCUT2D eigenvalue weighted by Gasteiger charge is 2.10. The van der Waals surface area contributed by atoms with Gasteiger partial charge in [-0.3, -0.25) is 4.84 Å².